The number of ketones is 1. The maximum absolute atomic E-state index is 12.7. The number of unbranched alkanes of at least 4 members (excludes halogenated alkanes) is 1. The highest BCUT2D eigenvalue weighted by Gasteiger charge is 2.22. The van der Waals surface area contributed by atoms with E-state index >= 15 is 0 Å². The molecule has 0 amide bonds. The minimum absolute atomic E-state index is 0.0169. The Morgan fingerprint density at radius 1 is 1.14 bits per heavy atom. The van der Waals surface area contributed by atoms with E-state index in [-0.39, 0.29) is 11.5 Å². The monoisotopic (exact) mass is 298 g/mol. The van der Waals surface area contributed by atoms with Crippen molar-refractivity contribution < 1.29 is 14.6 Å². The predicted octanol–water partition coefficient (Wildman–Crippen LogP) is 4.52. The lowest BCUT2D eigenvalue weighted by Gasteiger charge is -2.19. The van der Waals surface area contributed by atoms with Gasteiger partial charge in [0.2, 0.25) is 5.78 Å². The van der Waals surface area contributed by atoms with Crippen LogP contribution in [0.5, 0.6) is 11.5 Å². The Hall–Kier alpha value is -2.29. The molecular weight excluding hydrogens is 276 g/mol. The van der Waals surface area contributed by atoms with Crippen LogP contribution in [-0.2, 0) is 0 Å². The molecule has 116 valence electrons. The summed E-state index contributed by atoms with van der Waals surface area (Å²) in [6.45, 7) is 3.87. The van der Waals surface area contributed by atoms with E-state index in [1.807, 2.05) is 18.2 Å². The highest BCUT2D eigenvalue weighted by Crippen LogP contribution is 2.28. The van der Waals surface area contributed by atoms with Gasteiger partial charge in [0.05, 0.1) is 0 Å². The van der Waals surface area contributed by atoms with Crippen molar-refractivity contribution in [3.8, 4) is 11.5 Å². The van der Waals surface area contributed by atoms with Gasteiger partial charge in [-0.15, -0.1) is 0 Å². The van der Waals surface area contributed by atoms with Crippen LogP contribution in [0, 0.1) is 6.92 Å². The molecule has 3 nitrogen and oxygen atoms in total. The molecule has 0 aliphatic heterocycles. The molecule has 0 saturated carbocycles. The van der Waals surface area contributed by atoms with Crippen LogP contribution in [0.2, 0.25) is 0 Å². The number of aromatic hydroxyl groups is 1. The molecule has 22 heavy (non-hydrogen) atoms. The third-order valence-electron chi connectivity index (χ3n) is 3.70. The number of hydrogen-bond acceptors (Lipinski definition) is 3. The van der Waals surface area contributed by atoms with Gasteiger partial charge < -0.3 is 9.84 Å². The predicted molar refractivity (Wildman–Crippen MR) is 87.6 cm³/mol. The number of Topliss-reactive ketones (excluding diaryl/α,β-unsaturated/α-hetero) is 1. The second-order valence-electron chi connectivity index (χ2n) is 5.38. The molecule has 0 aromatic heterocycles. The van der Waals surface area contributed by atoms with E-state index in [2.05, 4.69) is 6.92 Å². The maximum atomic E-state index is 12.7. The normalized spacial score (nSPS) is 11.9. The number of benzene rings is 2. The lowest BCUT2D eigenvalue weighted by Crippen LogP contribution is -2.27. The Balaban J connectivity index is 2.22. The van der Waals surface area contributed by atoms with Gasteiger partial charge in [-0.25, -0.2) is 0 Å². The highest BCUT2D eigenvalue weighted by molar-refractivity contribution is 5.99. The van der Waals surface area contributed by atoms with E-state index in [0.717, 1.165) is 12.8 Å². The Morgan fingerprint density at radius 2 is 1.86 bits per heavy atom. The molecule has 0 fully saturated rings. The van der Waals surface area contributed by atoms with E-state index in [4.69, 9.17) is 4.74 Å². The molecule has 1 N–H and O–H groups in total. The fourth-order valence-corrected chi connectivity index (χ4v) is 2.31. The van der Waals surface area contributed by atoms with Crippen LogP contribution in [-0.4, -0.2) is 17.0 Å². The van der Waals surface area contributed by atoms with Gasteiger partial charge in [-0.1, -0.05) is 49.7 Å². The van der Waals surface area contributed by atoms with Gasteiger partial charge in [0.1, 0.15) is 11.5 Å². The molecule has 2 aromatic rings. The molecule has 0 aliphatic rings. The molecule has 1 atom stereocenters. The van der Waals surface area contributed by atoms with Crippen molar-refractivity contribution in [3.05, 3.63) is 59.7 Å². The molecule has 0 spiro atoms. The fourth-order valence-electron chi connectivity index (χ4n) is 2.31. The Morgan fingerprint density at radius 3 is 2.55 bits per heavy atom. The standard InChI is InChI=1S/C19H22O3/c1-3-4-12-18(19(21)15-9-6-5-7-10-15)22-17-13-8-11-16(20)14(17)2/h5-11,13,18,20H,3-4,12H2,1-2H3. The number of phenols is 1. The number of rotatable bonds is 7. The van der Waals surface area contributed by atoms with Crippen molar-refractivity contribution in [1.29, 1.82) is 0 Å². The smallest absolute Gasteiger partial charge is 0.203 e. The zero-order valence-corrected chi connectivity index (χ0v) is 13.1. The topological polar surface area (TPSA) is 46.5 Å². The lowest BCUT2D eigenvalue weighted by molar-refractivity contribution is 0.0773. The average Bonchev–Trinajstić information content (AvgIpc) is 2.55. The molecule has 0 heterocycles. The summed E-state index contributed by atoms with van der Waals surface area (Å²) >= 11 is 0. The van der Waals surface area contributed by atoms with Gasteiger partial charge >= 0.3 is 0 Å². The van der Waals surface area contributed by atoms with Crippen LogP contribution in [0.4, 0.5) is 0 Å². The quantitative estimate of drug-likeness (QED) is 0.764. The summed E-state index contributed by atoms with van der Waals surface area (Å²) in [5, 5.41) is 9.78. The second kappa shape index (κ2) is 7.64. The van der Waals surface area contributed by atoms with Crippen molar-refractivity contribution in [1.82, 2.24) is 0 Å². The first-order chi connectivity index (χ1) is 10.6. The highest BCUT2D eigenvalue weighted by atomic mass is 16.5. The van der Waals surface area contributed by atoms with Gasteiger partial charge in [0.25, 0.3) is 0 Å². The summed E-state index contributed by atoms with van der Waals surface area (Å²) in [4.78, 5) is 12.7. The van der Waals surface area contributed by atoms with Crippen LogP contribution in [0.3, 0.4) is 0 Å². The van der Waals surface area contributed by atoms with Gasteiger partial charge in [-0.3, -0.25) is 4.79 Å². The van der Waals surface area contributed by atoms with Crippen LogP contribution in [0.1, 0.15) is 42.1 Å². The van der Waals surface area contributed by atoms with E-state index in [0.29, 0.717) is 23.3 Å². The first kappa shape index (κ1) is 16.1. The van der Waals surface area contributed by atoms with Crippen molar-refractivity contribution in [2.45, 2.75) is 39.2 Å². The summed E-state index contributed by atoms with van der Waals surface area (Å²) in [5.41, 5.74) is 1.31. The van der Waals surface area contributed by atoms with Crippen LogP contribution in [0.25, 0.3) is 0 Å². The fraction of sp³-hybridized carbons (Fsp3) is 0.316. The van der Waals surface area contributed by atoms with E-state index in [1.165, 1.54) is 0 Å². The molecular formula is C19H22O3. The largest absolute Gasteiger partial charge is 0.508 e. The molecule has 0 bridgehead atoms. The van der Waals surface area contributed by atoms with Gasteiger partial charge in [-0.05, 0) is 31.9 Å². The lowest BCUT2D eigenvalue weighted by atomic mass is 10.0. The Bertz CT molecular complexity index is 620. The number of ether oxygens (including phenoxy) is 1. The Kier molecular flexibility index (Phi) is 5.59. The summed E-state index contributed by atoms with van der Waals surface area (Å²) in [6.07, 6.45) is 2.06. The second-order valence-corrected chi connectivity index (χ2v) is 5.38. The molecule has 1 unspecified atom stereocenters. The van der Waals surface area contributed by atoms with Crippen LogP contribution < -0.4 is 4.74 Å². The van der Waals surface area contributed by atoms with Gasteiger partial charge in [0, 0.05) is 11.1 Å². The van der Waals surface area contributed by atoms with Gasteiger partial charge in [0.15, 0.2) is 6.10 Å². The molecule has 2 aromatic carbocycles. The number of phenolic OH excluding ortho intramolecular Hbond substituents is 1. The van der Waals surface area contributed by atoms with E-state index < -0.39 is 6.10 Å². The van der Waals surface area contributed by atoms with E-state index in [9.17, 15) is 9.90 Å². The summed E-state index contributed by atoms with van der Waals surface area (Å²) in [6, 6.07) is 14.3. The zero-order valence-electron chi connectivity index (χ0n) is 13.1. The molecule has 0 radical (unpaired) electrons. The third-order valence-corrected chi connectivity index (χ3v) is 3.70. The zero-order chi connectivity index (χ0) is 15.9. The first-order valence-corrected chi connectivity index (χ1v) is 7.68. The molecule has 0 aliphatic carbocycles. The number of hydrogen-bond donors (Lipinski definition) is 1. The molecule has 0 saturated heterocycles. The SMILES string of the molecule is CCCCC(Oc1cccc(O)c1C)C(=O)c1ccccc1. The van der Waals surface area contributed by atoms with Crippen molar-refractivity contribution in [3.63, 3.8) is 0 Å². The summed E-state index contributed by atoms with van der Waals surface area (Å²) in [5.74, 6) is 0.723. The molecule has 3 heteroatoms. The van der Waals surface area contributed by atoms with Gasteiger partial charge in [-0.2, -0.15) is 0 Å². The summed E-state index contributed by atoms with van der Waals surface area (Å²) in [7, 11) is 0. The minimum atomic E-state index is -0.525. The molecule has 2 rings (SSSR count). The van der Waals surface area contributed by atoms with Crippen LogP contribution >= 0.6 is 0 Å². The van der Waals surface area contributed by atoms with Crippen LogP contribution in [0.15, 0.2) is 48.5 Å². The Labute approximate surface area is 131 Å². The van der Waals surface area contributed by atoms with Crippen molar-refractivity contribution in [2.24, 2.45) is 0 Å². The minimum Gasteiger partial charge on any atom is -0.508 e. The average molecular weight is 298 g/mol. The summed E-state index contributed by atoms with van der Waals surface area (Å²) < 4.78 is 5.93. The van der Waals surface area contributed by atoms with E-state index in [1.54, 1.807) is 37.3 Å². The number of carbonyl (C=O) groups is 1. The number of carbonyl (C=O) groups excluding carboxylic acids is 1. The first-order valence-electron chi connectivity index (χ1n) is 7.68. The third kappa shape index (κ3) is 3.88. The van der Waals surface area contributed by atoms with Crippen molar-refractivity contribution in [2.75, 3.05) is 0 Å². The maximum Gasteiger partial charge on any atom is 0.203 e. The van der Waals surface area contributed by atoms with Crippen molar-refractivity contribution >= 4 is 5.78 Å².